The highest BCUT2D eigenvalue weighted by molar-refractivity contribution is 6.99. The molecule has 3 heterocycles. The largest absolute Gasteiger partial charge is 0.458 e. The van der Waals surface area contributed by atoms with Gasteiger partial charge in [-0.15, -0.1) is 0 Å². The van der Waals surface area contributed by atoms with Crippen molar-refractivity contribution in [3.63, 3.8) is 0 Å². The minimum absolute atomic E-state index is 0.0232. The van der Waals surface area contributed by atoms with Gasteiger partial charge < -0.3 is 19.1 Å². The fourth-order valence-electron chi connectivity index (χ4n) is 9.39. The van der Waals surface area contributed by atoms with Crippen molar-refractivity contribution in [2.45, 2.75) is 37.5 Å². The molecule has 1 saturated carbocycles. The number of hydrogen-bond acceptors (Lipinski definition) is 4. The molecule has 4 aliphatic rings. The maximum atomic E-state index is 6.62. The maximum Gasteiger partial charge on any atom is 0.270 e. The molecule has 0 aromatic heterocycles. The Morgan fingerprint density at radius 2 is 0.830 bits per heavy atom. The van der Waals surface area contributed by atoms with Gasteiger partial charge in [-0.1, -0.05) is 104 Å². The van der Waals surface area contributed by atoms with E-state index >= 15 is 0 Å². The van der Waals surface area contributed by atoms with Crippen LogP contribution in [0.4, 0.5) is 17.1 Å². The smallest absolute Gasteiger partial charge is 0.270 e. The van der Waals surface area contributed by atoms with E-state index in [0.717, 1.165) is 91.9 Å². The van der Waals surface area contributed by atoms with E-state index in [1.165, 1.54) is 30.4 Å². The van der Waals surface area contributed by atoms with Crippen molar-refractivity contribution < 1.29 is 14.2 Å². The highest BCUT2D eigenvalue weighted by atomic mass is 16.5. The summed E-state index contributed by atoms with van der Waals surface area (Å²) in [5.41, 5.74) is 11.7. The third-order valence-corrected chi connectivity index (χ3v) is 11.9. The van der Waals surface area contributed by atoms with Gasteiger partial charge in [0.1, 0.15) is 34.5 Å². The normalized spacial score (nSPS) is 15.4. The van der Waals surface area contributed by atoms with Gasteiger partial charge in [0, 0.05) is 38.9 Å². The van der Waals surface area contributed by atoms with Gasteiger partial charge in [-0.05, 0) is 108 Å². The van der Waals surface area contributed by atoms with Crippen LogP contribution in [0.25, 0.3) is 11.1 Å². The molecule has 1 aliphatic carbocycles. The molecule has 254 valence electrons. The summed E-state index contributed by atoms with van der Waals surface area (Å²) in [6, 6.07) is 56.5. The monoisotopic (exact) mass is 685 g/mol. The Balaban J connectivity index is 0.953. The minimum Gasteiger partial charge on any atom is -0.458 e. The number of para-hydroxylation sites is 2. The van der Waals surface area contributed by atoms with E-state index in [9.17, 15) is 0 Å². The average Bonchev–Trinajstić information content (AvgIpc) is 3.22. The minimum atomic E-state index is -0.0282. The lowest BCUT2D eigenvalue weighted by molar-refractivity contribution is 0.346. The van der Waals surface area contributed by atoms with Crippen molar-refractivity contribution in [3.8, 4) is 45.6 Å². The molecule has 0 bridgehead atoms. The second-order valence-corrected chi connectivity index (χ2v) is 14.7. The lowest BCUT2D eigenvalue weighted by atomic mass is 9.34. The molecule has 3 aliphatic heterocycles. The van der Waals surface area contributed by atoms with E-state index in [0.29, 0.717) is 0 Å². The Bertz CT molecular complexity index is 2390. The zero-order valence-corrected chi connectivity index (χ0v) is 29.3. The molecule has 7 aromatic rings. The SMILES string of the molecule is c1ccc(N(c2ccccc2)c2ccc(C3(c4ccc(-c5cc6c7c(c5)Oc5cccc8c5B7c5c(cccc5O6)O8)cc4)CCCCC3)cc2)cc1. The first-order valence-corrected chi connectivity index (χ1v) is 18.8. The third-order valence-electron chi connectivity index (χ3n) is 11.9. The molecule has 0 radical (unpaired) electrons. The Morgan fingerprint density at radius 3 is 1.34 bits per heavy atom. The van der Waals surface area contributed by atoms with Crippen LogP contribution in [0, 0.1) is 0 Å². The molecule has 0 spiro atoms. The van der Waals surface area contributed by atoms with Crippen LogP contribution in [0.3, 0.4) is 0 Å². The summed E-state index contributed by atoms with van der Waals surface area (Å²) >= 11 is 0. The topological polar surface area (TPSA) is 30.9 Å². The number of benzene rings is 7. The van der Waals surface area contributed by atoms with Crippen LogP contribution >= 0.6 is 0 Å². The molecule has 0 N–H and O–H groups in total. The van der Waals surface area contributed by atoms with Crippen LogP contribution in [0.2, 0.25) is 0 Å². The molecule has 4 nitrogen and oxygen atoms in total. The van der Waals surface area contributed by atoms with Gasteiger partial charge in [-0.2, -0.15) is 0 Å². The summed E-state index contributed by atoms with van der Waals surface area (Å²) in [4.78, 5) is 2.34. The summed E-state index contributed by atoms with van der Waals surface area (Å²) in [5, 5.41) is 0. The predicted molar refractivity (Wildman–Crippen MR) is 215 cm³/mol. The van der Waals surface area contributed by atoms with Crippen LogP contribution in [-0.4, -0.2) is 6.71 Å². The van der Waals surface area contributed by atoms with E-state index in [-0.39, 0.29) is 12.1 Å². The van der Waals surface area contributed by atoms with Crippen LogP contribution in [0.15, 0.2) is 158 Å². The molecule has 53 heavy (non-hydrogen) atoms. The molecular weight excluding hydrogens is 649 g/mol. The van der Waals surface area contributed by atoms with Crippen molar-refractivity contribution in [1.29, 1.82) is 0 Å². The van der Waals surface area contributed by atoms with Gasteiger partial charge in [0.25, 0.3) is 6.71 Å². The van der Waals surface area contributed by atoms with Crippen molar-refractivity contribution >= 4 is 40.2 Å². The van der Waals surface area contributed by atoms with E-state index in [1.54, 1.807) is 0 Å². The van der Waals surface area contributed by atoms with Gasteiger partial charge in [0.2, 0.25) is 0 Å². The third kappa shape index (κ3) is 4.77. The highest BCUT2D eigenvalue weighted by Crippen LogP contribution is 2.47. The Hall–Kier alpha value is -6.20. The first-order valence-electron chi connectivity index (χ1n) is 18.8. The lowest BCUT2D eigenvalue weighted by Crippen LogP contribution is -2.59. The Labute approximate surface area is 310 Å². The summed E-state index contributed by atoms with van der Waals surface area (Å²) < 4.78 is 19.6. The molecule has 0 amide bonds. The van der Waals surface area contributed by atoms with Crippen LogP contribution in [-0.2, 0) is 5.41 Å². The number of ether oxygens (including phenoxy) is 3. The Kier molecular flexibility index (Phi) is 6.85. The lowest BCUT2D eigenvalue weighted by Gasteiger charge is -2.39. The van der Waals surface area contributed by atoms with Crippen LogP contribution in [0.1, 0.15) is 43.2 Å². The average molecular weight is 686 g/mol. The van der Waals surface area contributed by atoms with Crippen molar-refractivity contribution in [1.82, 2.24) is 0 Å². The van der Waals surface area contributed by atoms with Crippen molar-refractivity contribution in [2.75, 3.05) is 4.90 Å². The zero-order chi connectivity index (χ0) is 34.9. The van der Waals surface area contributed by atoms with Crippen LogP contribution < -0.4 is 35.5 Å². The van der Waals surface area contributed by atoms with Gasteiger partial charge in [-0.25, -0.2) is 0 Å². The summed E-state index contributed by atoms with van der Waals surface area (Å²) in [6.07, 6.45) is 6.03. The Morgan fingerprint density at radius 1 is 0.396 bits per heavy atom. The van der Waals surface area contributed by atoms with Gasteiger partial charge in [0.15, 0.2) is 0 Å². The summed E-state index contributed by atoms with van der Waals surface area (Å²) in [6.45, 7) is 0.0232. The second-order valence-electron chi connectivity index (χ2n) is 14.7. The van der Waals surface area contributed by atoms with Gasteiger partial charge in [-0.3, -0.25) is 0 Å². The molecule has 0 atom stereocenters. The van der Waals surface area contributed by atoms with E-state index in [2.05, 4.69) is 126 Å². The fourth-order valence-corrected chi connectivity index (χ4v) is 9.39. The standard InChI is InChI=1S/C48H36BNO3/c1-4-12-36(13-5-1)50(37-14-6-2-7-15-37)38-26-24-35(25-27-38)48(28-8-3-9-29-48)34-22-20-32(21-23-34)33-30-43-47-44(31-33)53-42-19-11-17-40-46(42)49(47)45-39(51-40)16-10-18-41(45)52-43/h1-2,4-7,10-27,30-31H,3,8-9,28-29H2. The number of rotatable bonds is 6. The number of hydrogen-bond donors (Lipinski definition) is 0. The van der Waals surface area contributed by atoms with Crippen molar-refractivity contribution in [2.24, 2.45) is 0 Å². The van der Waals surface area contributed by atoms with E-state index in [4.69, 9.17) is 14.2 Å². The molecule has 0 saturated heterocycles. The first-order chi connectivity index (χ1) is 26.2. The molecule has 7 aromatic carbocycles. The quantitative estimate of drug-likeness (QED) is 0.163. The van der Waals surface area contributed by atoms with Gasteiger partial charge >= 0.3 is 0 Å². The molecule has 11 rings (SSSR count). The molecule has 5 heteroatoms. The number of anilines is 3. The summed E-state index contributed by atoms with van der Waals surface area (Å²) in [5.74, 6) is 5.10. The van der Waals surface area contributed by atoms with Crippen molar-refractivity contribution in [3.05, 3.63) is 169 Å². The maximum absolute atomic E-state index is 6.62. The highest BCUT2D eigenvalue weighted by Gasteiger charge is 2.46. The van der Waals surface area contributed by atoms with Gasteiger partial charge in [0.05, 0.1) is 0 Å². The fraction of sp³-hybridized carbons (Fsp3) is 0.125. The summed E-state index contributed by atoms with van der Waals surface area (Å²) in [7, 11) is 0. The molecule has 1 fully saturated rings. The number of nitrogens with zero attached hydrogens (tertiary/aromatic N) is 1. The van der Waals surface area contributed by atoms with E-state index in [1.807, 2.05) is 36.4 Å². The predicted octanol–water partition coefficient (Wildman–Crippen LogP) is 10.9. The van der Waals surface area contributed by atoms with E-state index < -0.39 is 0 Å². The second kappa shape index (κ2) is 11.9. The van der Waals surface area contributed by atoms with Crippen LogP contribution in [0.5, 0.6) is 34.5 Å². The first kappa shape index (κ1) is 30.4. The molecule has 0 unspecified atom stereocenters. The molecular formula is C48H36BNO3. The zero-order valence-electron chi connectivity index (χ0n) is 29.3.